The number of hydrogen-bond donors (Lipinski definition) is 2. The van der Waals surface area contributed by atoms with Crippen molar-refractivity contribution in [1.82, 2.24) is 10.6 Å². The molecule has 7 heteroatoms. The molecule has 0 spiro atoms. The third-order valence-electron chi connectivity index (χ3n) is 3.05. The van der Waals surface area contributed by atoms with Crippen LogP contribution in [-0.4, -0.2) is 36.3 Å². The highest BCUT2D eigenvalue weighted by Gasteiger charge is 2.12. The van der Waals surface area contributed by atoms with Crippen molar-refractivity contribution >= 4 is 29.7 Å². The zero-order valence-electron chi connectivity index (χ0n) is 13.5. The van der Waals surface area contributed by atoms with Gasteiger partial charge in [-0.1, -0.05) is 25.1 Å². The summed E-state index contributed by atoms with van der Waals surface area (Å²) < 4.78 is 4.85. The fourth-order valence-corrected chi connectivity index (χ4v) is 2.39. The van der Waals surface area contributed by atoms with Crippen LogP contribution >= 0.6 is 11.8 Å². The fraction of sp³-hybridized carbons (Fsp3) is 0.438. The normalized spacial score (nSPS) is 11.4. The van der Waals surface area contributed by atoms with Crippen LogP contribution in [0.4, 0.5) is 4.79 Å². The second-order valence-electron chi connectivity index (χ2n) is 5.05. The van der Waals surface area contributed by atoms with Crippen molar-refractivity contribution in [2.45, 2.75) is 38.1 Å². The molecule has 0 aliphatic heterocycles. The van der Waals surface area contributed by atoms with E-state index in [9.17, 15) is 14.4 Å². The molecule has 1 atom stereocenters. The van der Waals surface area contributed by atoms with Crippen molar-refractivity contribution in [1.29, 1.82) is 0 Å². The van der Waals surface area contributed by atoms with Gasteiger partial charge < -0.3 is 10.1 Å². The van der Waals surface area contributed by atoms with Crippen molar-refractivity contribution in [3.63, 3.8) is 0 Å². The van der Waals surface area contributed by atoms with Gasteiger partial charge in [-0.2, -0.15) is 0 Å². The number of nitrogens with one attached hydrogen (secondary N) is 2. The third kappa shape index (κ3) is 7.69. The number of amides is 3. The topological polar surface area (TPSA) is 84.5 Å². The molecule has 0 bridgehead atoms. The molecule has 0 unspecified atom stereocenters. The molecule has 0 aliphatic rings. The lowest BCUT2D eigenvalue weighted by Gasteiger charge is -2.11. The Labute approximate surface area is 140 Å². The Morgan fingerprint density at radius 1 is 1.26 bits per heavy atom. The van der Waals surface area contributed by atoms with Gasteiger partial charge in [0.05, 0.1) is 5.75 Å². The van der Waals surface area contributed by atoms with Crippen molar-refractivity contribution in [2.75, 3.05) is 12.4 Å². The number of aryl methyl sites for hydroxylation is 1. The Kier molecular flexibility index (Phi) is 8.18. The number of ether oxygens (including phenoxy) is 1. The summed E-state index contributed by atoms with van der Waals surface area (Å²) in [6, 6.07) is 7.07. The molecule has 0 aliphatic carbocycles. The zero-order valence-corrected chi connectivity index (χ0v) is 14.4. The van der Waals surface area contributed by atoms with Gasteiger partial charge in [0.2, 0.25) is 0 Å². The molecule has 0 fully saturated rings. The number of esters is 1. The van der Waals surface area contributed by atoms with Crippen molar-refractivity contribution < 1.29 is 19.1 Å². The van der Waals surface area contributed by atoms with Gasteiger partial charge in [-0.15, -0.1) is 11.8 Å². The third-order valence-corrected chi connectivity index (χ3v) is 4.20. The summed E-state index contributed by atoms with van der Waals surface area (Å²) in [5, 5.41) is 4.70. The molecular weight excluding hydrogens is 316 g/mol. The van der Waals surface area contributed by atoms with Crippen LogP contribution in [0.2, 0.25) is 0 Å². The zero-order chi connectivity index (χ0) is 17.2. The monoisotopic (exact) mass is 338 g/mol. The molecule has 0 radical (unpaired) electrons. The molecule has 0 aromatic heterocycles. The van der Waals surface area contributed by atoms with E-state index in [1.54, 1.807) is 0 Å². The summed E-state index contributed by atoms with van der Waals surface area (Å²) >= 11 is 1.35. The second kappa shape index (κ2) is 9.89. The molecular formula is C16H22N2O4S. The largest absolute Gasteiger partial charge is 0.455 e. The first kappa shape index (κ1) is 19.0. The average Bonchev–Trinajstić information content (AvgIpc) is 2.51. The van der Waals surface area contributed by atoms with Crippen LogP contribution in [0.15, 0.2) is 29.2 Å². The number of urea groups is 1. The molecule has 1 rings (SSSR count). The lowest BCUT2D eigenvalue weighted by molar-refractivity contribution is -0.145. The lowest BCUT2D eigenvalue weighted by Crippen LogP contribution is -2.44. The van der Waals surface area contributed by atoms with Crippen LogP contribution in [0.25, 0.3) is 0 Å². The van der Waals surface area contributed by atoms with Gasteiger partial charge in [0.25, 0.3) is 5.91 Å². The minimum atomic E-state index is -0.653. The van der Waals surface area contributed by atoms with E-state index in [0.29, 0.717) is 0 Å². The first-order valence-corrected chi connectivity index (χ1v) is 8.35. The molecule has 2 N–H and O–H groups in total. The van der Waals surface area contributed by atoms with E-state index in [-0.39, 0.29) is 11.8 Å². The molecule has 6 nitrogen and oxygen atoms in total. The van der Waals surface area contributed by atoms with Crippen LogP contribution < -0.4 is 10.6 Å². The Hall–Kier alpha value is -2.02. The van der Waals surface area contributed by atoms with Crippen LogP contribution in [-0.2, 0) is 14.3 Å². The fourth-order valence-electron chi connectivity index (χ4n) is 1.57. The van der Waals surface area contributed by atoms with Gasteiger partial charge in [-0.05, 0) is 31.9 Å². The summed E-state index contributed by atoms with van der Waals surface area (Å²) in [6.07, 6.45) is 0.757. The van der Waals surface area contributed by atoms with Crippen molar-refractivity contribution in [3.8, 4) is 0 Å². The molecule has 3 amide bonds. The summed E-state index contributed by atoms with van der Waals surface area (Å²) in [5.41, 5.74) is 1.07. The molecule has 0 saturated heterocycles. The summed E-state index contributed by atoms with van der Waals surface area (Å²) in [6.45, 7) is 5.23. The number of benzene rings is 1. The Balaban J connectivity index is 2.26. The average molecular weight is 338 g/mol. The first-order chi connectivity index (χ1) is 10.9. The van der Waals surface area contributed by atoms with E-state index in [4.69, 9.17) is 4.74 Å². The van der Waals surface area contributed by atoms with E-state index in [2.05, 4.69) is 10.6 Å². The summed E-state index contributed by atoms with van der Waals surface area (Å²) in [4.78, 5) is 35.5. The number of rotatable bonds is 7. The van der Waals surface area contributed by atoms with Gasteiger partial charge in [-0.3, -0.25) is 14.9 Å². The number of imide groups is 1. The summed E-state index contributed by atoms with van der Waals surface area (Å²) in [5.74, 6) is -1.05. The number of hydrogen-bond acceptors (Lipinski definition) is 5. The van der Waals surface area contributed by atoms with Crippen LogP contribution in [0, 0.1) is 6.92 Å². The quantitative estimate of drug-likeness (QED) is 0.588. The number of thioether (sulfide) groups is 1. The van der Waals surface area contributed by atoms with Crippen LogP contribution in [0.5, 0.6) is 0 Å². The maximum Gasteiger partial charge on any atom is 0.321 e. The maximum absolute atomic E-state index is 11.6. The lowest BCUT2D eigenvalue weighted by atomic mass is 10.2. The number of carbonyl (C=O) groups excluding carboxylic acids is 3. The Morgan fingerprint density at radius 3 is 2.61 bits per heavy atom. The second-order valence-corrected chi connectivity index (χ2v) is 6.06. The maximum atomic E-state index is 11.6. The standard InChI is InChI=1S/C16H22N2O4S/c1-4-12(3)17-16(21)18-14(19)9-22-15(20)10-23-13-8-6-5-7-11(13)2/h5-8,12H,4,9-10H2,1-3H3,(H2,17,18,19,21)/t12-/m0/s1. The minimum absolute atomic E-state index is 0.0316. The van der Waals surface area contributed by atoms with E-state index in [1.807, 2.05) is 45.0 Å². The Bertz CT molecular complexity index is 563. The van der Waals surface area contributed by atoms with Gasteiger partial charge in [0, 0.05) is 10.9 Å². The molecule has 126 valence electrons. The Morgan fingerprint density at radius 2 is 1.96 bits per heavy atom. The number of carbonyl (C=O) groups is 3. The van der Waals surface area contributed by atoms with Gasteiger partial charge in [0.15, 0.2) is 6.61 Å². The predicted octanol–water partition coefficient (Wildman–Crippen LogP) is 2.25. The van der Waals surface area contributed by atoms with E-state index in [0.717, 1.165) is 16.9 Å². The minimum Gasteiger partial charge on any atom is -0.455 e. The SMILES string of the molecule is CC[C@H](C)NC(=O)NC(=O)COC(=O)CSc1ccccc1C. The van der Waals surface area contributed by atoms with Crippen molar-refractivity contribution in [3.05, 3.63) is 29.8 Å². The van der Waals surface area contributed by atoms with Gasteiger partial charge >= 0.3 is 12.0 Å². The van der Waals surface area contributed by atoms with E-state index in [1.165, 1.54) is 11.8 Å². The van der Waals surface area contributed by atoms with E-state index < -0.39 is 24.5 Å². The molecule has 1 aromatic carbocycles. The molecule has 0 saturated carbocycles. The van der Waals surface area contributed by atoms with Gasteiger partial charge in [-0.25, -0.2) is 4.79 Å². The van der Waals surface area contributed by atoms with Gasteiger partial charge in [0.1, 0.15) is 0 Å². The van der Waals surface area contributed by atoms with Crippen molar-refractivity contribution in [2.24, 2.45) is 0 Å². The molecule has 0 heterocycles. The predicted molar refractivity (Wildman–Crippen MR) is 89.3 cm³/mol. The highest BCUT2D eigenvalue weighted by Crippen LogP contribution is 2.21. The molecule has 1 aromatic rings. The van der Waals surface area contributed by atoms with E-state index >= 15 is 0 Å². The highest BCUT2D eigenvalue weighted by molar-refractivity contribution is 8.00. The van der Waals surface area contributed by atoms with Crippen LogP contribution in [0.1, 0.15) is 25.8 Å². The van der Waals surface area contributed by atoms with Crippen LogP contribution in [0.3, 0.4) is 0 Å². The molecule has 23 heavy (non-hydrogen) atoms. The first-order valence-electron chi connectivity index (χ1n) is 7.36. The highest BCUT2D eigenvalue weighted by atomic mass is 32.2. The smallest absolute Gasteiger partial charge is 0.321 e. The summed E-state index contributed by atoms with van der Waals surface area (Å²) in [7, 11) is 0.